The lowest BCUT2D eigenvalue weighted by Crippen LogP contribution is -2.28. The smallest absolute Gasteiger partial charge is 0.127 e. The zero-order valence-corrected chi connectivity index (χ0v) is 12.5. The number of nitrogens with two attached hydrogens (primary N) is 1. The first kappa shape index (κ1) is 17.4. The summed E-state index contributed by atoms with van der Waals surface area (Å²) in [5.41, 5.74) is 7.56. The van der Waals surface area contributed by atoms with Gasteiger partial charge in [-0.1, -0.05) is 30.3 Å². The molecule has 2 aromatic carbocycles. The molecule has 0 aliphatic heterocycles. The number of rotatable bonds is 6. The average Bonchev–Trinajstić information content (AvgIpc) is 2.39. The van der Waals surface area contributed by atoms with Gasteiger partial charge in [0.1, 0.15) is 11.6 Å². The van der Waals surface area contributed by atoms with Gasteiger partial charge in [0, 0.05) is 32.2 Å². The summed E-state index contributed by atoms with van der Waals surface area (Å²) in [5, 5.41) is 9.44. The Hall–Kier alpha value is -1.62. The predicted octanol–water partition coefficient (Wildman–Crippen LogP) is 2.91. The largest absolute Gasteiger partial charge is 0.508 e. The van der Waals surface area contributed by atoms with E-state index in [1.54, 1.807) is 6.07 Å². The van der Waals surface area contributed by atoms with Gasteiger partial charge in [0.15, 0.2) is 0 Å². The van der Waals surface area contributed by atoms with Gasteiger partial charge in [-0.15, -0.1) is 12.4 Å². The van der Waals surface area contributed by atoms with Crippen LogP contribution in [0, 0.1) is 5.82 Å². The first-order valence-corrected chi connectivity index (χ1v) is 6.62. The number of aromatic hydroxyl groups is 1. The van der Waals surface area contributed by atoms with Crippen LogP contribution in [0.1, 0.15) is 11.1 Å². The Morgan fingerprint density at radius 2 is 1.67 bits per heavy atom. The summed E-state index contributed by atoms with van der Waals surface area (Å²) < 4.78 is 13.3. The predicted molar refractivity (Wildman–Crippen MR) is 84.9 cm³/mol. The maximum absolute atomic E-state index is 13.3. The van der Waals surface area contributed by atoms with Crippen molar-refractivity contribution in [2.75, 3.05) is 13.1 Å². The van der Waals surface area contributed by atoms with Crippen molar-refractivity contribution in [3.05, 3.63) is 65.5 Å². The molecule has 3 nitrogen and oxygen atoms in total. The van der Waals surface area contributed by atoms with Crippen molar-refractivity contribution >= 4 is 12.4 Å². The lowest BCUT2D eigenvalue weighted by Gasteiger charge is -2.22. The highest BCUT2D eigenvalue weighted by Gasteiger charge is 2.08. The highest BCUT2D eigenvalue weighted by Crippen LogP contribution is 2.17. The third-order valence-electron chi connectivity index (χ3n) is 3.04. The fourth-order valence-corrected chi connectivity index (χ4v) is 2.22. The molecule has 0 saturated heterocycles. The molecule has 3 N–H and O–H groups in total. The molecule has 0 fully saturated rings. The van der Waals surface area contributed by atoms with Crippen LogP contribution >= 0.6 is 12.4 Å². The van der Waals surface area contributed by atoms with Crippen LogP contribution in [-0.4, -0.2) is 23.1 Å². The van der Waals surface area contributed by atoms with Crippen molar-refractivity contribution in [2.45, 2.75) is 13.1 Å². The van der Waals surface area contributed by atoms with Gasteiger partial charge in [0.05, 0.1) is 0 Å². The summed E-state index contributed by atoms with van der Waals surface area (Å²) in [7, 11) is 0. The molecule has 0 unspecified atom stereocenters. The molecule has 114 valence electrons. The molecule has 21 heavy (non-hydrogen) atoms. The van der Waals surface area contributed by atoms with Crippen LogP contribution in [-0.2, 0) is 13.1 Å². The molecule has 0 amide bonds. The van der Waals surface area contributed by atoms with E-state index in [0.29, 0.717) is 19.6 Å². The number of hydrogen-bond donors (Lipinski definition) is 2. The molecule has 2 aromatic rings. The quantitative estimate of drug-likeness (QED) is 0.862. The van der Waals surface area contributed by atoms with Crippen molar-refractivity contribution in [1.82, 2.24) is 4.90 Å². The summed E-state index contributed by atoms with van der Waals surface area (Å²) in [5.74, 6) is -0.472. The first-order valence-electron chi connectivity index (χ1n) is 6.62. The SMILES string of the molecule is Cl.NCCN(Cc1ccccc1)Cc1cc(O)cc(F)c1. The number of benzene rings is 2. The molecular formula is C16H20ClFN2O. The van der Waals surface area contributed by atoms with Gasteiger partial charge in [-0.3, -0.25) is 4.90 Å². The topological polar surface area (TPSA) is 49.5 Å². The van der Waals surface area contributed by atoms with Gasteiger partial charge in [0.2, 0.25) is 0 Å². The second-order valence-electron chi connectivity index (χ2n) is 4.80. The van der Waals surface area contributed by atoms with E-state index in [9.17, 15) is 9.50 Å². The molecule has 0 atom stereocenters. The normalized spacial score (nSPS) is 10.4. The fraction of sp³-hybridized carbons (Fsp3) is 0.250. The Bertz CT molecular complexity index is 531. The van der Waals surface area contributed by atoms with Gasteiger partial charge in [-0.25, -0.2) is 4.39 Å². The van der Waals surface area contributed by atoms with Crippen molar-refractivity contribution in [3.63, 3.8) is 0 Å². The Morgan fingerprint density at radius 3 is 2.29 bits per heavy atom. The molecule has 5 heteroatoms. The molecule has 0 saturated carbocycles. The van der Waals surface area contributed by atoms with Crippen LogP contribution in [0.15, 0.2) is 48.5 Å². The Labute approximate surface area is 130 Å². The van der Waals surface area contributed by atoms with Crippen LogP contribution < -0.4 is 5.73 Å². The van der Waals surface area contributed by atoms with Gasteiger partial charge >= 0.3 is 0 Å². The molecule has 0 heterocycles. The molecule has 0 spiro atoms. The van der Waals surface area contributed by atoms with Gasteiger partial charge in [-0.05, 0) is 23.3 Å². The molecular weight excluding hydrogens is 291 g/mol. The number of nitrogens with zero attached hydrogens (tertiary/aromatic N) is 1. The van der Waals surface area contributed by atoms with E-state index < -0.39 is 5.82 Å². The first-order chi connectivity index (χ1) is 9.67. The van der Waals surface area contributed by atoms with E-state index >= 15 is 0 Å². The second-order valence-corrected chi connectivity index (χ2v) is 4.80. The maximum atomic E-state index is 13.3. The highest BCUT2D eigenvalue weighted by atomic mass is 35.5. The van der Waals surface area contributed by atoms with Crippen LogP contribution in [0.3, 0.4) is 0 Å². The summed E-state index contributed by atoms with van der Waals surface area (Å²) in [6.07, 6.45) is 0. The molecule has 0 aliphatic carbocycles. The summed E-state index contributed by atoms with van der Waals surface area (Å²) in [6.45, 7) is 2.55. The van der Waals surface area contributed by atoms with E-state index in [2.05, 4.69) is 4.90 Å². The van der Waals surface area contributed by atoms with Crippen molar-refractivity contribution in [1.29, 1.82) is 0 Å². The molecule has 0 bridgehead atoms. The molecule has 0 aliphatic rings. The van der Waals surface area contributed by atoms with Gasteiger partial charge in [-0.2, -0.15) is 0 Å². The minimum Gasteiger partial charge on any atom is -0.508 e. The second kappa shape index (κ2) is 8.62. The van der Waals surface area contributed by atoms with Crippen molar-refractivity contribution < 1.29 is 9.50 Å². The van der Waals surface area contributed by atoms with Crippen LogP contribution in [0.5, 0.6) is 5.75 Å². The number of phenolic OH excluding ortho intramolecular Hbond substituents is 1. The van der Waals surface area contributed by atoms with Crippen LogP contribution in [0.25, 0.3) is 0 Å². The van der Waals surface area contributed by atoms with Gasteiger partial charge in [0.25, 0.3) is 0 Å². The molecule has 2 rings (SSSR count). The average molecular weight is 311 g/mol. The van der Waals surface area contributed by atoms with Crippen molar-refractivity contribution in [2.24, 2.45) is 5.73 Å². The molecule has 0 radical (unpaired) electrons. The number of hydrogen-bond acceptors (Lipinski definition) is 3. The van der Waals surface area contributed by atoms with E-state index in [1.807, 2.05) is 30.3 Å². The van der Waals surface area contributed by atoms with E-state index in [4.69, 9.17) is 5.73 Å². The summed E-state index contributed by atoms with van der Waals surface area (Å²) >= 11 is 0. The third-order valence-corrected chi connectivity index (χ3v) is 3.04. The monoisotopic (exact) mass is 310 g/mol. The lowest BCUT2D eigenvalue weighted by molar-refractivity contribution is 0.263. The zero-order valence-electron chi connectivity index (χ0n) is 11.7. The fourth-order valence-electron chi connectivity index (χ4n) is 2.22. The van der Waals surface area contributed by atoms with Crippen molar-refractivity contribution in [3.8, 4) is 5.75 Å². The number of halogens is 2. The Morgan fingerprint density at radius 1 is 1.00 bits per heavy atom. The molecule has 0 aromatic heterocycles. The third kappa shape index (κ3) is 5.71. The van der Waals surface area contributed by atoms with E-state index in [-0.39, 0.29) is 18.2 Å². The highest BCUT2D eigenvalue weighted by molar-refractivity contribution is 5.85. The van der Waals surface area contributed by atoms with E-state index in [0.717, 1.165) is 18.2 Å². The summed E-state index contributed by atoms with van der Waals surface area (Å²) in [6, 6.07) is 14.2. The Kier molecular flexibility index (Phi) is 7.15. The van der Waals surface area contributed by atoms with Crippen LogP contribution in [0.4, 0.5) is 4.39 Å². The zero-order chi connectivity index (χ0) is 14.4. The van der Waals surface area contributed by atoms with E-state index in [1.165, 1.54) is 11.6 Å². The standard InChI is InChI=1S/C16H19FN2O.ClH/c17-15-8-14(9-16(20)10-15)12-19(7-6-18)11-13-4-2-1-3-5-13;/h1-5,8-10,20H,6-7,11-12,18H2;1H. The summed E-state index contributed by atoms with van der Waals surface area (Å²) in [4.78, 5) is 2.13. The van der Waals surface area contributed by atoms with Crippen LogP contribution in [0.2, 0.25) is 0 Å². The minimum atomic E-state index is -0.424. The maximum Gasteiger partial charge on any atom is 0.127 e. The minimum absolute atomic E-state index is 0. The lowest BCUT2D eigenvalue weighted by atomic mass is 10.1. The number of phenols is 1. The van der Waals surface area contributed by atoms with Gasteiger partial charge < -0.3 is 10.8 Å². The Balaban J connectivity index is 0.00000220.